The first-order valence-corrected chi connectivity index (χ1v) is 9.87. The Balaban J connectivity index is 1.62. The molecule has 2 saturated heterocycles. The minimum Gasteiger partial charge on any atom is -0.310 e. The number of benzene rings is 1. The summed E-state index contributed by atoms with van der Waals surface area (Å²) in [5.41, 5.74) is 3.08. The van der Waals surface area contributed by atoms with Crippen LogP contribution in [0.3, 0.4) is 0 Å². The Hall–Kier alpha value is -2.45. The average molecular weight is 384 g/mol. The van der Waals surface area contributed by atoms with Crippen LogP contribution < -0.4 is 5.32 Å². The molecule has 0 aliphatic carbocycles. The number of nitrogens with one attached hydrogen (secondary N) is 1. The lowest BCUT2D eigenvalue weighted by Crippen LogP contribution is -2.66. The molecule has 3 heterocycles. The van der Waals surface area contributed by atoms with Gasteiger partial charge in [-0.2, -0.15) is 5.10 Å². The van der Waals surface area contributed by atoms with E-state index in [1.165, 1.54) is 4.90 Å². The monoisotopic (exact) mass is 384 g/mol. The molecule has 0 saturated carbocycles. The molecule has 1 aromatic carbocycles. The Morgan fingerprint density at radius 2 is 1.89 bits per heavy atom. The van der Waals surface area contributed by atoms with E-state index in [4.69, 9.17) is 0 Å². The van der Waals surface area contributed by atoms with Crippen LogP contribution in [0.1, 0.15) is 31.4 Å². The van der Waals surface area contributed by atoms with Crippen LogP contribution in [0, 0.1) is 6.92 Å². The van der Waals surface area contributed by atoms with Gasteiger partial charge in [-0.25, -0.2) is 9.69 Å². The largest absolute Gasteiger partial charge is 0.328 e. The van der Waals surface area contributed by atoms with Crippen molar-refractivity contribution in [3.05, 3.63) is 35.4 Å². The fourth-order valence-electron chi connectivity index (χ4n) is 4.27. The third kappa shape index (κ3) is 3.06. The van der Waals surface area contributed by atoms with E-state index in [1.807, 2.05) is 43.1 Å². The standard InChI is InChI=1S/C20H28N6O2/c1-5-10-26-19-21-17-16(24(19)11-14(3)22-26)18(27)25(20(28)23(17)4)12-15-8-6-13(2)7-9-15/h6-9,16-17,19,21H,5,10-12H2,1-4H3. The summed E-state index contributed by atoms with van der Waals surface area (Å²) in [5.74, 6) is -0.144. The van der Waals surface area contributed by atoms with Crippen molar-refractivity contribution in [3.8, 4) is 0 Å². The van der Waals surface area contributed by atoms with Gasteiger partial charge in [0.15, 0.2) is 6.29 Å². The minimum atomic E-state index is -0.414. The third-order valence-electron chi connectivity index (χ3n) is 5.67. The minimum absolute atomic E-state index is 0.144. The maximum atomic E-state index is 13.4. The SMILES string of the molecule is CCCN1N=C(C)CN2C3C(=O)N(Cc4ccc(C)cc4)C(=O)N(C)C3NC12. The number of nitrogens with zero attached hydrogens (tertiary/aromatic N) is 5. The fourth-order valence-corrected chi connectivity index (χ4v) is 4.27. The third-order valence-corrected chi connectivity index (χ3v) is 5.67. The first kappa shape index (κ1) is 18.9. The Kier molecular flexibility index (Phi) is 4.84. The molecule has 3 unspecified atom stereocenters. The van der Waals surface area contributed by atoms with Gasteiger partial charge in [0, 0.05) is 25.8 Å². The van der Waals surface area contributed by atoms with Crippen LogP contribution in [0.4, 0.5) is 4.79 Å². The molecular weight excluding hydrogens is 356 g/mol. The van der Waals surface area contributed by atoms with E-state index in [1.54, 1.807) is 11.9 Å². The molecule has 0 aromatic heterocycles. The highest BCUT2D eigenvalue weighted by atomic mass is 16.2. The van der Waals surface area contributed by atoms with Crippen molar-refractivity contribution >= 4 is 17.6 Å². The molecular formula is C20H28N6O2. The quantitative estimate of drug-likeness (QED) is 0.849. The molecule has 0 spiro atoms. The second-order valence-corrected chi connectivity index (χ2v) is 7.90. The lowest BCUT2D eigenvalue weighted by atomic mass is 10.1. The molecule has 4 rings (SSSR count). The van der Waals surface area contributed by atoms with Crippen molar-refractivity contribution in [2.75, 3.05) is 20.1 Å². The Bertz CT molecular complexity index is 807. The average Bonchev–Trinajstić information content (AvgIpc) is 3.05. The second kappa shape index (κ2) is 7.18. The van der Waals surface area contributed by atoms with Gasteiger partial charge in [-0.05, 0) is 25.8 Å². The normalized spacial score (nSPS) is 27.8. The highest BCUT2D eigenvalue weighted by molar-refractivity contribution is 6.01. The Labute approximate surface area is 165 Å². The molecule has 28 heavy (non-hydrogen) atoms. The number of urea groups is 1. The molecule has 3 atom stereocenters. The Morgan fingerprint density at radius 1 is 1.18 bits per heavy atom. The number of imide groups is 1. The van der Waals surface area contributed by atoms with E-state index in [9.17, 15) is 9.59 Å². The molecule has 3 amide bonds. The molecule has 8 nitrogen and oxygen atoms in total. The number of rotatable bonds is 4. The van der Waals surface area contributed by atoms with Crippen LogP contribution in [-0.2, 0) is 11.3 Å². The number of hydrogen-bond acceptors (Lipinski definition) is 6. The lowest BCUT2D eigenvalue weighted by molar-refractivity contribution is -0.139. The van der Waals surface area contributed by atoms with Crippen molar-refractivity contribution in [1.82, 2.24) is 25.0 Å². The topological polar surface area (TPSA) is 71.5 Å². The highest BCUT2D eigenvalue weighted by Gasteiger charge is 2.56. The van der Waals surface area contributed by atoms with E-state index in [0.29, 0.717) is 6.54 Å². The first-order chi connectivity index (χ1) is 13.4. The second-order valence-electron chi connectivity index (χ2n) is 7.90. The van der Waals surface area contributed by atoms with Gasteiger partial charge >= 0.3 is 6.03 Å². The summed E-state index contributed by atoms with van der Waals surface area (Å²) >= 11 is 0. The van der Waals surface area contributed by atoms with Crippen molar-refractivity contribution in [1.29, 1.82) is 0 Å². The van der Waals surface area contributed by atoms with Crippen LogP contribution in [-0.4, -0.2) is 76.0 Å². The molecule has 150 valence electrons. The number of hydrazone groups is 1. The van der Waals surface area contributed by atoms with E-state index in [2.05, 4.69) is 22.2 Å². The van der Waals surface area contributed by atoms with Gasteiger partial charge in [-0.3, -0.25) is 20.0 Å². The number of aryl methyl sites for hydroxylation is 1. The van der Waals surface area contributed by atoms with Crippen LogP contribution in [0.15, 0.2) is 29.4 Å². The summed E-state index contributed by atoms with van der Waals surface area (Å²) in [7, 11) is 1.76. The van der Waals surface area contributed by atoms with Crippen LogP contribution in [0.2, 0.25) is 0 Å². The van der Waals surface area contributed by atoms with Crippen molar-refractivity contribution in [3.63, 3.8) is 0 Å². The van der Waals surface area contributed by atoms with Gasteiger partial charge < -0.3 is 4.90 Å². The van der Waals surface area contributed by atoms with Crippen molar-refractivity contribution < 1.29 is 9.59 Å². The van der Waals surface area contributed by atoms with Crippen molar-refractivity contribution in [2.45, 2.75) is 52.2 Å². The van der Waals surface area contributed by atoms with Gasteiger partial charge in [0.1, 0.15) is 12.2 Å². The fraction of sp³-hybridized carbons (Fsp3) is 0.550. The summed E-state index contributed by atoms with van der Waals surface area (Å²) in [6, 6.07) is 7.26. The van der Waals surface area contributed by atoms with Crippen LogP contribution in [0.25, 0.3) is 0 Å². The molecule has 1 N–H and O–H groups in total. The number of fused-ring (bicyclic) bond motifs is 3. The number of hydrogen-bond donors (Lipinski definition) is 1. The van der Waals surface area contributed by atoms with Gasteiger partial charge in [-0.1, -0.05) is 36.8 Å². The summed E-state index contributed by atoms with van der Waals surface area (Å²) in [5, 5.41) is 10.1. The van der Waals surface area contributed by atoms with Crippen LogP contribution in [0.5, 0.6) is 0 Å². The predicted molar refractivity (Wildman–Crippen MR) is 106 cm³/mol. The number of amides is 3. The summed E-state index contributed by atoms with van der Waals surface area (Å²) in [4.78, 5) is 31.5. The van der Waals surface area contributed by atoms with E-state index < -0.39 is 6.04 Å². The Morgan fingerprint density at radius 3 is 2.57 bits per heavy atom. The number of carbonyl (C=O) groups excluding carboxylic acids is 2. The zero-order valence-corrected chi connectivity index (χ0v) is 16.9. The summed E-state index contributed by atoms with van der Waals surface area (Å²) in [6.07, 6.45) is 0.442. The zero-order chi connectivity index (χ0) is 20.0. The predicted octanol–water partition coefficient (Wildman–Crippen LogP) is 1.37. The summed E-state index contributed by atoms with van der Waals surface area (Å²) < 4.78 is 0. The zero-order valence-electron chi connectivity index (χ0n) is 16.9. The maximum absolute atomic E-state index is 13.4. The molecule has 0 bridgehead atoms. The van der Waals surface area contributed by atoms with E-state index >= 15 is 0 Å². The maximum Gasteiger partial charge on any atom is 0.328 e. The number of carbonyl (C=O) groups is 2. The van der Waals surface area contributed by atoms with Gasteiger partial charge in [0.25, 0.3) is 5.91 Å². The molecule has 1 aromatic rings. The first-order valence-electron chi connectivity index (χ1n) is 9.87. The number of likely N-dealkylation sites (N-methyl/N-ethyl adjacent to an activating group) is 1. The van der Waals surface area contributed by atoms with E-state index in [-0.39, 0.29) is 30.9 Å². The molecule has 8 heteroatoms. The summed E-state index contributed by atoms with van der Waals surface area (Å²) in [6.45, 7) is 7.81. The molecule has 0 radical (unpaired) electrons. The molecule has 2 fully saturated rings. The van der Waals surface area contributed by atoms with Gasteiger partial charge in [0.05, 0.1) is 6.54 Å². The van der Waals surface area contributed by atoms with Gasteiger partial charge in [-0.15, -0.1) is 0 Å². The molecule has 3 aliphatic rings. The van der Waals surface area contributed by atoms with Crippen molar-refractivity contribution in [2.24, 2.45) is 5.10 Å². The highest BCUT2D eigenvalue weighted by Crippen LogP contribution is 2.30. The van der Waals surface area contributed by atoms with Crippen LogP contribution >= 0.6 is 0 Å². The lowest BCUT2D eigenvalue weighted by Gasteiger charge is -2.42. The van der Waals surface area contributed by atoms with Gasteiger partial charge in [0.2, 0.25) is 0 Å². The molecule has 3 aliphatic heterocycles. The van der Waals surface area contributed by atoms with E-state index in [0.717, 1.165) is 29.8 Å². The smallest absolute Gasteiger partial charge is 0.310 e.